The maximum Gasteiger partial charge on any atom is 0.371 e. The zero-order chi connectivity index (χ0) is 15.4. The van der Waals surface area contributed by atoms with Crippen molar-refractivity contribution in [2.24, 2.45) is 0 Å². The minimum Gasteiger partial charge on any atom is -0.475 e. The highest BCUT2D eigenvalue weighted by Crippen LogP contribution is 2.13. The van der Waals surface area contributed by atoms with E-state index in [9.17, 15) is 14.0 Å². The number of urea groups is 1. The van der Waals surface area contributed by atoms with Crippen molar-refractivity contribution in [2.45, 2.75) is 6.54 Å². The van der Waals surface area contributed by atoms with Gasteiger partial charge in [0.15, 0.2) is 0 Å². The van der Waals surface area contributed by atoms with Gasteiger partial charge in [0.25, 0.3) is 0 Å². The van der Waals surface area contributed by atoms with Gasteiger partial charge in [0.2, 0.25) is 5.76 Å². The Balaban J connectivity index is 1.94. The fraction of sp³-hybridized carbons (Fsp3) is 0.143. The summed E-state index contributed by atoms with van der Waals surface area (Å²) in [6, 6.07) is 7.83. The topological polar surface area (TPSA) is 82.8 Å². The molecule has 0 unspecified atom stereocenters. The molecular weight excluding hydrogens is 279 g/mol. The molecule has 0 atom stereocenters. The van der Waals surface area contributed by atoms with E-state index in [4.69, 9.17) is 9.52 Å². The molecule has 2 aromatic rings. The van der Waals surface area contributed by atoms with Crippen LogP contribution in [0.3, 0.4) is 0 Å². The van der Waals surface area contributed by atoms with Crippen LogP contribution < -0.4 is 10.2 Å². The second-order valence-corrected chi connectivity index (χ2v) is 4.27. The largest absolute Gasteiger partial charge is 0.475 e. The number of anilines is 1. The Labute approximate surface area is 119 Å². The summed E-state index contributed by atoms with van der Waals surface area (Å²) >= 11 is 0. The molecule has 2 N–H and O–H groups in total. The minimum absolute atomic E-state index is 0.0532. The average Bonchev–Trinajstić information content (AvgIpc) is 2.94. The van der Waals surface area contributed by atoms with E-state index >= 15 is 0 Å². The summed E-state index contributed by atoms with van der Waals surface area (Å²) in [6.45, 7) is 0.0532. The lowest BCUT2D eigenvalue weighted by atomic mass is 10.3. The number of halogens is 1. The number of carbonyl (C=O) groups is 2. The molecule has 1 heterocycles. The fourth-order valence-electron chi connectivity index (χ4n) is 1.65. The second-order valence-electron chi connectivity index (χ2n) is 4.27. The summed E-state index contributed by atoms with van der Waals surface area (Å²) < 4.78 is 17.8. The molecule has 0 aliphatic heterocycles. The van der Waals surface area contributed by atoms with Gasteiger partial charge in [0.1, 0.15) is 11.6 Å². The number of nitrogens with one attached hydrogen (secondary N) is 1. The van der Waals surface area contributed by atoms with Crippen molar-refractivity contribution in [2.75, 3.05) is 11.9 Å². The van der Waals surface area contributed by atoms with Crippen molar-refractivity contribution in [1.29, 1.82) is 0 Å². The lowest BCUT2D eigenvalue weighted by Crippen LogP contribution is -2.36. The molecule has 2 rings (SSSR count). The first kappa shape index (κ1) is 14.6. The number of benzene rings is 1. The molecule has 0 aliphatic carbocycles. The minimum atomic E-state index is -1.17. The van der Waals surface area contributed by atoms with Crippen molar-refractivity contribution >= 4 is 17.7 Å². The number of carbonyl (C=O) groups excluding carboxylic acids is 1. The van der Waals surface area contributed by atoms with Crippen LogP contribution in [0.15, 0.2) is 40.8 Å². The van der Waals surface area contributed by atoms with Crippen LogP contribution in [0.25, 0.3) is 0 Å². The molecule has 1 aromatic heterocycles. The van der Waals surface area contributed by atoms with Crippen LogP contribution in [0, 0.1) is 5.82 Å². The van der Waals surface area contributed by atoms with Gasteiger partial charge >= 0.3 is 12.0 Å². The van der Waals surface area contributed by atoms with Gasteiger partial charge in [-0.25, -0.2) is 14.0 Å². The molecule has 1 aromatic carbocycles. The number of hydrogen-bond donors (Lipinski definition) is 2. The first-order valence-corrected chi connectivity index (χ1v) is 6.06. The van der Waals surface area contributed by atoms with Crippen LogP contribution >= 0.6 is 0 Å². The normalized spacial score (nSPS) is 10.2. The summed E-state index contributed by atoms with van der Waals surface area (Å²) in [7, 11) is 1.54. The number of rotatable bonds is 4. The van der Waals surface area contributed by atoms with E-state index in [1.54, 1.807) is 0 Å². The van der Waals surface area contributed by atoms with Crippen LogP contribution in [0.5, 0.6) is 0 Å². The molecule has 0 saturated carbocycles. The number of hydrogen-bond acceptors (Lipinski definition) is 3. The molecular formula is C14H13FN2O4. The first-order valence-electron chi connectivity index (χ1n) is 6.06. The van der Waals surface area contributed by atoms with Gasteiger partial charge in [0.05, 0.1) is 6.54 Å². The molecule has 21 heavy (non-hydrogen) atoms. The van der Waals surface area contributed by atoms with Gasteiger partial charge < -0.3 is 14.8 Å². The van der Waals surface area contributed by atoms with Crippen LogP contribution in [0.4, 0.5) is 14.9 Å². The molecule has 7 heteroatoms. The summed E-state index contributed by atoms with van der Waals surface area (Å²) in [5, 5.41) is 11.3. The first-order chi connectivity index (χ1) is 9.97. The Morgan fingerprint density at radius 2 is 1.90 bits per heavy atom. The molecule has 0 bridgehead atoms. The molecule has 0 aliphatic rings. The highest BCUT2D eigenvalue weighted by atomic mass is 19.1. The fourth-order valence-corrected chi connectivity index (χ4v) is 1.65. The van der Waals surface area contributed by atoms with E-state index < -0.39 is 12.0 Å². The number of carboxylic acids is 1. The van der Waals surface area contributed by atoms with E-state index in [-0.39, 0.29) is 18.1 Å². The third kappa shape index (κ3) is 3.59. The van der Waals surface area contributed by atoms with E-state index in [1.165, 1.54) is 48.3 Å². The van der Waals surface area contributed by atoms with Crippen molar-refractivity contribution in [3.05, 3.63) is 53.7 Å². The van der Waals surface area contributed by atoms with Crippen molar-refractivity contribution in [1.82, 2.24) is 5.32 Å². The highest BCUT2D eigenvalue weighted by Gasteiger charge is 2.13. The summed E-state index contributed by atoms with van der Waals surface area (Å²) in [6.07, 6.45) is 0. The lowest BCUT2D eigenvalue weighted by molar-refractivity contribution is 0.0660. The highest BCUT2D eigenvalue weighted by molar-refractivity contribution is 5.91. The van der Waals surface area contributed by atoms with Gasteiger partial charge in [-0.3, -0.25) is 4.90 Å². The van der Waals surface area contributed by atoms with Gasteiger partial charge in [-0.2, -0.15) is 0 Å². The Morgan fingerprint density at radius 1 is 1.24 bits per heavy atom. The predicted octanol–water partition coefficient (Wildman–Crippen LogP) is 2.46. The molecule has 6 nitrogen and oxygen atoms in total. The van der Waals surface area contributed by atoms with Gasteiger partial charge in [-0.1, -0.05) is 0 Å². The Morgan fingerprint density at radius 3 is 2.48 bits per heavy atom. The average molecular weight is 292 g/mol. The zero-order valence-corrected chi connectivity index (χ0v) is 11.2. The second kappa shape index (κ2) is 6.08. The van der Waals surface area contributed by atoms with Crippen molar-refractivity contribution in [3.63, 3.8) is 0 Å². The van der Waals surface area contributed by atoms with Crippen molar-refractivity contribution in [3.8, 4) is 0 Å². The van der Waals surface area contributed by atoms with Crippen molar-refractivity contribution < 1.29 is 23.5 Å². The molecule has 2 amide bonds. The molecule has 0 saturated heterocycles. The zero-order valence-electron chi connectivity index (χ0n) is 11.2. The predicted molar refractivity (Wildman–Crippen MR) is 72.7 cm³/mol. The lowest BCUT2D eigenvalue weighted by Gasteiger charge is -2.17. The summed E-state index contributed by atoms with van der Waals surface area (Å²) in [5.74, 6) is -1.42. The van der Waals surface area contributed by atoms with Crippen LogP contribution in [-0.2, 0) is 6.54 Å². The molecule has 0 radical (unpaired) electrons. The third-order valence-electron chi connectivity index (χ3n) is 2.80. The maximum atomic E-state index is 12.8. The van der Waals surface area contributed by atoms with Gasteiger partial charge in [0, 0.05) is 12.7 Å². The number of aromatic carboxylic acids is 1. The summed E-state index contributed by atoms with van der Waals surface area (Å²) in [4.78, 5) is 23.9. The van der Waals surface area contributed by atoms with E-state index in [1.807, 2.05) is 0 Å². The van der Waals surface area contributed by atoms with Crippen LogP contribution in [0.1, 0.15) is 16.3 Å². The SMILES string of the molecule is CN(C(=O)NCc1ccc(C(=O)O)o1)c1ccc(F)cc1. The smallest absolute Gasteiger partial charge is 0.371 e. The molecule has 0 spiro atoms. The standard InChI is InChI=1S/C14H13FN2O4/c1-17(10-4-2-9(15)3-5-10)14(20)16-8-11-6-7-12(21-11)13(18)19/h2-7H,8H2,1H3,(H,16,20)(H,18,19). The maximum absolute atomic E-state index is 12.8. The van der Waals surface area contributed by atoms with Gasteiger partial charge in [-0.05, 0) is 36.4 Å². The number of carboxylic acid groups (broad SMARTS) is 1. The van der Waals surface area contributed by atoms with E-state index in [0.29, 0.717) is 11.4 Å². The quantitative estimate of drug-likeness (QED) is 0.906. The van der Waals surface area contributed by atoms with Crippen LogP contribution in [-0.4, -0.2) is 24.2 Å². The third-order valence-corrected chi connectivity index (χ3v) is 2.80. The molecule has 110 valence electrons. The van der Waals surface area contributed by atoms with E-state index in [0.717, 1.165) is 0 Å². The number of nitrogens with zero attached hydrogens (tertiary/aromatic N) is 1. The van der Waals surface area contributed by atoms with E-state index in [2.05, 4.69) is 5.32 Å². The number of amides is 2. The molecule has 0 fully saturated rings. The van der Waals surface area contributed by atoms with Gasteiger partial charge in [-0.15, -0.1) is 0 Å². The van der Waals surface area contributed by atoms with Crippen LogP contribution in [0.2, 0.25) is 0 Å². The monoisotopic (exact) mass is 292 g/mol. The Kier molecular flexibility index (Phi) is 4.22. The summed E-state index contributed by atoms with van der Waals surface area (Å²) in [5.41, 5.74) is 0.527. The number of furan rings is 1. The Hall–Kier alpha value is -2.83. The Bertz CT molecular complexity index is 651.